The van der Waals surface area contributed by atoms with Gasteiger partial charge in [0.05, 0.1) is 3.79 Å². The average Bonchev–Trinajstić information content (AvgIpc) is 2.46. The Balaban J connectivity index is 2.74. The van der Waals surface area contributed by atoms with Gasteiger partial charge in [0.25, 0.3) is 6.43 Å². The molecule has 0 aliphatic rings. The number of benzene rings is 1. The molecule has 1 aromatic heterocycles. The van der Waals surface area contributed by atoms with Gasteiger partial charge in [-0.2, -0.15) is 0 Å². The molecule has 2 aromatic rings. The van der Waals surface area contributed by atoms with Crippen molar-refractivity contribution in [1.82, 2.24) is 0 Å². The molecule has 1 aromatic carbocycles. The largest absolute Gasteiger partial charge is 0.398 e. The minimum absolute atomic E-state index is 0.0946. The van der Waals surface area contributed by atoms with Gasteiger partial charge in [-0.25, -0.2) is 8.78 Å². The maximum atomic E-state index is 12.5. The van der Waals surface area contributed by atoms with Crippen LogP contribution in [0.2, 0.25) is 0 Å². The number of nitrogens with two attached hydrogens (primary N) is 1. The van der Waals surface area contributed by atoms with Crippen molar-refractivity contribution in [2.45, 2.75) is 6.43 Å². The SMILES string of the molecule is Nc1c(C(F)F)ccc2sc(Br)cc12. The van der Waals surface area contributed by atoms with Crippen molar-refractivity contribution in [3.8, 4) is 0 Å². The zero-order chi connectivity index (χ0) is 10.3. The molecule has 0 spiro atoms. The summed E-state index contributed by atoms with van der Waals surface area (Å²) in [6, 6.07) is 4.81. The summed E-state index contributed by atoms with van der Waals surface area (Å²) in [5.74, 6) is 0. The molecule has 14 heavy (non-hydrogen) atoms. The first kappa shape index (κ1) is 9.86. The lowest BCUT2D eigenvalue weighted by Gasteiger charge is -2.04. The fraction of sp³-hybridized carbons (Fsp3) is 0.111. The molecule has 0 saturated heterocycles. The molecule has 0 radical (unpaired) electrons. The summed E-state index contributed by atoms with van der Waals surface area (Å²) in [4.78, 5) is 0. The minimum Gasteiger partial charge on any atom is -0.398 e. The second kappa shape index (κ2) is 3.47. The Kier molecular flexibility index (Phi) is 2.45. The summed E-state index contributed by atoms with van der Waals surface area (Å²) in [5.41, 5.74) is 5.72. The van der Waals surface area contributed by atoms with Gasteiger partial charge in [0.15, 0.2) is 0 Å². The van der Waals surface area contributed by atoms with Gasteiger partial charge in [-0.3, -0.25) is 0 Å². The number of halogens is 3. The molecule has 0 aliphatic heterocycles. The molecule has 0 saturated carbocycles. The van der Waals surface area contributed by atoms with E-state index in [1.807, 2.05) is 0 Å². The molecule has 74 valence electrons. The summed E-state index contributed by atoms with van der Waals surface area (Å²) in [6.45, 7) is 0. The van der Waals surface area contributed by atoms with Gasteiger partial charge in [0.2, 0.25) is 0 Å². The van der Waals surface area contributed by atoms with E-state index in [1.165, 1.54) is 17.4 Å². The standard InChI is InChI=1S/C9H6BrF2NS/c10-7-3-5-6(14-7)2-1-4(8(5)13)9(11)12/h1-3,9H,13H2. The van der Waals surface area contributed by atoms with Crippen molar-refractivity contribution in [2.24, 2.45) is 0 Å². The molecule has 1 nitrogen and oxygen atoms in total. The van der Waals surface area contributed by atoms with Crippen LogP contribution in [0.5, 0.6) is 0 Å². The van der Waals surface area contributed by atoms with Crippen molar-refractivity contribution in [3.05, 3.63) is 27.5 Å². The summed E-state index contributed by atoms with van der Waals surface area (Å²) >= 11 is 4.77. The molecule has 2 N–H and O–H groups in total. The van der Waals surface area contributed by atoms with Gasteiger partial charge in [-0.1, -0.05) is 0 Å². The zero-order valence-corrected chi connectivity index (χ0v) is 9.33. The Labute approximate surface area is 91.7 Å². The molecule has 1 heterocycles. The number of hydrogen-bond donors (Lipinski definition) is 1. The molecule has 0 atom stereocenters. The molecule has 0 fully saturated rings. The van der Waals surface area contributed by atoms with E-state index >= 15 is 0 Å². The molecule has 5 heteroatoms. The van der Waals surface area contributed by atoms with Crippen LogP contribution in [0, 0.1) is 0 Å². The van der Waals surface area contributed by atoms with Crippen molar-refractivity contribution in [1.29, 1.82) is 0 Å². The second-order valence-electron chi connectivity index (χ2n) is 2.83. The van der Waals surface area contributed by atoms with Gasteiger partial charge >= 0.3 is 0 Å². The molecule has 0 bridgehead atoms. The highest BCUT2D eigenvalue weighted by Gasteiger charge is 2.14. The summed E-state index contributed by atoms with van der Waals surface area (Å²) in [6.07, 6.45) is -2.52. The summed E-state index contributed by atoms with van der Waals surface area (Å²) < 4.78 is 26.8. The van der Waals surface area contributed by atoms with Crippen LogP contribution in [0.25, 0.3) is 10.1 Å². The van der Waals surface area contributed by atoms with Crippen molar-refractivity contribution in [2.75, 3.05) is 5.73 Å². The summed E-state index contributed by atoms with van der Waals surface area (Å²) in [5, 5.41) is 0.694. The van der Waals surface area contributed by atoms with Crippen LogP contribution in [0.1, 0.15) is 12.0 Å². The lowest BCUT2D eigenvalue weighted by atomic mass is 10.1. The van der Waals surface area contributed by atoms with E-state index in [0.717, 1.165) is 8.49 Å². The van der Waals surface area contributed by atoms with E-state index in [4.69, 9.17) is 5.73 Å². The van der Waals surface area contributed by atoms with Gasteiger partial charge in [-0.05, 0) is 34.1 Å². The van der Waals surface area contributed by atoms with Gasteiger partial charge in [0.1, 0.15) is 0 Å². The van der Waals surface area contributed by atoms with Crippen molar-refractivity contribution >= 4 is 43.0 Å². The number of fused-ring (bicyclic) bond motifs is 1. The Morgan fingerprint density at radius 3 is 2.71 bits per heavy atom. The first-order valence-corrected chi connectivity index (χ1v) is 5.46. The fourth-order valence-electron chi connectivity index (χ4n) is 1.31. The van der Waals surface area contributed by atoms with Crippen LogP contribution < -0.4 is 5.73 Å². The molecule has 2 rings (SSSR count). The Hall–Kier alpha value is -0.680. The fourth-order valence-corrected chi connectivity index (χ4v) is 2.86. The number of rotatable bonds is 1. The minimum atomic E-state index is -2.52. The maximum absolute atomic E-state index is 12.5. The lowest BCUT2D eigenvalue weighted by Crippen LogP contribution is -1.94. The smallest absolute Gasteiger partial charge is 0.265 e. The van der Waals surface area contributed by atoms with Crippen LogP contribution in [-0.2, 0) is 0 Å². The Bertz CT molecular complexity index is 481. The molecular weight excluding hydrogens is 272 g/mol. The third kappa shape index (κ3) is 1.50. The molecule has 0 aliphatic carbocycles. The third-order valence-electron chi connectivity index (χ3n) is 1.98. The predicted molar refractivity (Wildman–Crippen MR) is 58.9 cm³/mol. The van der Waals surface area contributed by atoms with Gasteiger partial charge < -0.3 is 5.73 Å². The number of alkyl halides is 2. The van der Waals surface area contributed by atoms with Crippen LogP contribution >= 0.6 is 27.3 Å². The Morgan fingerprint density at radius 2 is 2.07 bits per heavy atom. The average molecular weight is 278 g/mol. The first-order valence-electron chi connectivity index (χ1n) is 3.85. The second-order valence-corrected chi connectivity index (χ2v) is 5.29. The lowest BCUT2D eigenvalue weighted by molar-refractivity contribution is 0.152. The van der Waals surface area contributed by atoms with E-state index in [2.05, 4.69) is 15.9 Å². The number of anilines is 1. The quantitative estimate of drug-likeness (QED) is 0.778. The molecular formula is C9H6BrF2NS. The topological polar surface area (TPSA) is 26.0 Å². The molecule has 0 amide bonds. The summed E-state index contributed by atoms with van der Waals surface area (Å²) in [7, 11) is 0. The van der Waals surface area contributed by atoms with Crippen molar-refractivity contribution in [3.63, 3.8) is 0 Å². The number of thiophene rings is 1. The van der Waals surface area contributed by atoms with E-state index in [1.54, 1.807) is 12.1 Å². The number of nitrogen functional groups attached to an aromatic ring is 1. The van der Waals surface area contributed by atoms with Gasteiger partial charge in [0, 0.05) is 21.3 Å². The highest BCUT2D eigenvalue weighted by molar-refractivity contribution is 9.11. The highest BCUT2D eigenvalue weighted by Crippen LogP contribution is 2.37. The maximum Gasteiger partial charge on any atom is 0.265 e. The molecule has 0 unspecified atom stereocenters. The normalized spacial score (nSPS) is 11.4. The van der Waals surface area contributed by atoms with E-state index in [9.17, 15) is 8.78 Å². The number of hydrogen-bond acceptors (Lipinski definition) is 2. The van der Waals surface area contributed by atoms with Crippen LogP contribution in [0.3, 0.4) is 0 Å². The van der Waals surface area contributed by atoms with E-state index in [0.29, 0.717) is 5.39 Å². The van der Waals surface area contributed by atoms with Gasteiger partial charge in [-0.15, -0.1) is 11.3 Å². The van der Waals surface area contributed by atoms with Crippen molar-refractivity contribution < 1.29 is 8.78 Å². The monoisotopic (exact) mass is 277 g/mol. The third-order valence-corrected chi connectivity index (χ3v) is 3.58. The van der Waals surface area contributed by atoms with Crippen LogP contribution in [-0.4, -0.2) is 0 Å². The predicted octanol–water partition coefficient (Wildman–Crippen LogP) is 4.18. The van der Waals surface area contributed by atoms with E-state index in [-0.39, 0.29) is 11.3 Å². The first-order chi connectivity index (χ1) is 6.59. The van der Waals surface area contributed by atoms with Crippen LogP contribution in [0.15, 0.2) is 22.0 Å². The zero-order valence-electron chi connectivity index (χ0n) is 6.93. The Morgan fingerprint density at radius 1 is 1.36 bits per heavy atom. The van der Waals surface area contributed by atoms with E-state index < -0.39 is 6.43 Å². The van der Waals surface area contributed by atoms with Crippen LogP contribution in [0.4, 0.5) is 14.5 Å². The highest BCUT2D eigenvalue weighted by atomic mass is 79.9.